The Balaban J connectivity index is 2.10. The third-order valence-electron chi connectivity index (χ3n) is 3.89. The molecule has 0 aliphatic carbocycles. The van der Waals surface area contributed by atoms with Crippen LogP contribution in [0.25, 0.3) is 0 Å². The van der Waals surface area contributed by atoms with Gasteiger partial charge in [0.25, 0.3) is 0 Å². The highest BCUT2D eigenvalue weighted by Crippen LogP contribution is 2.28. The third kappa shape index (κ3) is 3.39. The van der Waals surface area contributed by atoms with E-state index >= 15 is 0 Å². The van der Waals surface area contributed by atoms with Gasteiger partial charge < -0.3 is 14.9 Å². The Hall–Kier alpha value is -1.26. The van der Waals surface area contributed by atoms with Crippen LogP contribution in [0.1, 0.15) is 31.7 Å². The van der Waals surface area contributed by atoms with Gasteiger partial charge in [0.1, 0.15) is 11.5 Å². The van der Waals surface area contributed by atoms with E-state index in [2.05, 4.69) is 4.90 Å². The van der Waals surface area contributed by atoms with Crippen molar-refractivity contribution in [2.75, 3.05) is 13.7 Å². The molecular weight excluding hydrogens is 242 g/mol. The smallest absolute Gasteiger partial charge is 0.123 e. The summed E-state index contributed by atoms with van der Waals surface area (Å²) in [5.41, 5.74) is 0.883. The minimum atomic E-state index is -0.333. The Morgan fingerprint density at radius 1 is 1.42 bits per heavy atom. The van der Waals surface area contributed by atoms with Crippen molar-refractivity contribution in [2.24, 2.45) is 0 Å². The van der Waals surface area contributed by atoms with Gasteiger partial charge in [-0.25, -0.2) is 0 Å². The average Bonchev–Trinajstić information content (AvgIpc) is 2.41. The number of aliphatic hydroxyl groups excluding tert-OH is 1. The first kappa shape index (κ1) is 14.2. The number of phenols is 1. The zero-order chi connectivity index (χ0) is 13.8. The first-order valence-corrected chi connectivity index (χ1v) is 6.90. The Morgan fingerprint density at radius 3 is 2.84 bits per heavy atom. The second-order valence-corrected chi connectivity index (χ2v) is 5.27. The highest BCUT2D eigenvalue weighted by molar-refractivity contribution is 5.39. The van der Waals surface area contributed by atoms with Crippen molar-refractivity contribution in [3.63, 3.8) is 0 Å². The van der Waals surface area contributed by atoms with E-state index < -0.39 is 0 Å². The van der Waals surface area contributed by atoms with Crippen LogP contribution in [0.15, 0.2) is 18.2 Å². The van der Waals surface area contributed by atoms with Gasteiger partial charge in [-0.2, -0.15) is 0 Å². The van der Waals surface area contributed by atoms with E-state index in [9.17, 15) is 10.2 Å². The number of benzene rings is 1. The zero-order valence-corrected chi connectivity index (χ0v) is 11.7. The Labute approximate surface area is 114 Å². The molecule has 0 bridgehead atoms. The predicted octanol–water partition coefficient (Wildman–Crippen LogP) is 2.14. The number of piperidine rings is 1. The molecule has 2 atom stereocenters. The number of nitrogens with zero attached hydrogens (tertiary/aromatic N) is 1. The van der Waals surface area contributed by atoms with Crippen molar-refractivity contribution in [3.05, 3.63) is 23.8 Å². The summed E-state index contributed by atoms with van der Waals surface area (Å²) in [6.45, 7) is 3.49. The molecule has 19 heavy (non-hydrogen) atoms. The Morgan fingerprint density at radius 2 is 2.21 bits per heavy atom. The molecule has 2 unspecified atom stereocenters. The number of methoxy groups -OCH3 is 1. The van der Waals surface area contributed by atoms with Crippen molar-refractivity contribution in [1.29, 1.82) is 0 Å². The monoisotopic (exact) mass is 265 g/mol. The molecule has 106 valence electrons. The Bertz CT molecular complexity index is 420. The van der Waals surface area contributed by atoms with Gasteiger partial charge in [-0.15, -0.1) is 0 Å². The van der Waals surface area contributed by atoms with Gasteiger partial charge in [-0.1, -0.05) is 12.5 Å². The molecule has 1 aromatic carbocycles. The van der Waals surface area contributed by atoms with Gasteiger partial charge in [0.05, 0.1) is 13.2 Å². The van der Waals surface area contributed by atoms with Crippen LogP contribution in [-0.4, -0.2) is 40.9 Å². The number of hydrogen-bond donors (Lipinski definition) is 2. The van der Waals surface area contributed by atoms with Gasteiger partial charge in [-0.05, 0) is 32.4 Å². The summed E-state index contributed by atoms with van der Waals surface area (Å²) in [6.07, 6.45) is 3.01. The summed E-state index contributed by atoms with van der Waals surface area (Å²) in [4.78, 5) is 2.26. The first-order chi connectivity index (χ1) is 9.11. The lowest BCUT2D eigenvalue weighted by atomic mass is 9.97. The van der Waals surface area contributed by atoms with Gasteiger partial charge in [0, 0.05) is 24.2 Å². The van der Waals surface area contributed by atoms with E-state index in [1.165, 1.54) is 6.42 Å². The van der Waals surface area contributed by atoms with Crippen molar-refractivity contribution in [2.45, 2.75) is 44.9 Å². The molecule has 1 heterocycles. The number of phenolic OH excluding ortho intramolecular Hbond substituents is 1. The summed E-state index contributed by atoms with van der Waals surface area (Å²) in [5, 5.41) is 19.9. The van der Waals surface area contributed by atoms with E-state index in [4.69, 9.17) is 4.74 Å². The van der Waals surface area contributed by atoms with Gasteiger partial charge in [0.2, 0.25) is 0 Å². The zero-order valence-electron chi connectivity index (χ0n) is 11.7. The fourth-order valence-corrected chi connectivity index (χ4v) is 2.78. The van der Waals surface area contributed by atoms with E-state index in [0.29, 0.717) is 12.3 Å². The number of likely N-dealkylation sites (tertiary alicyclic amines) is 1. The molecule has 1 aliphatic heterocycles. The molecule has 4 heteroatoms. The topological polar surface area (TPSA) is 52.9 Å². The number of hydrogen-bond acceptors (Lipinski definition) is 4. The summed E-state index contributed by atoms with van der Waals surface area (Å²) in [6, 6.07) is 5.57. The predicted molar refractivity (Wildman–Crippen MR) is 74.4 cm³/mol. The number of rotatable bonds is 4. The minimum absolute atomic E-state index is 0.190. The van der Waals surface area contributed by atoms with Crippen molar-refractivity contribution < 1.29 is 14.9 Å². The molecule has 0 spiro atoms. The van der Waals surface area contributed by atoms with E-state index in [0.717, 1.165) is 24.9 Å². The maximum absolute atomic E-state index is 10.0. The molecule has 0 saturated carbocycles. The van der Waals surface area contributed by atoms with Gasteiger partial charge >= 0.3 is 0 Å². The van der Waals surface area contributed by atoms with Crippen LogP contribution >= 0.6 is 0 Å². The highest BCUT2D eigenvalue weighted by atomic mass is 16.5. The maximum Gasteiger partial charge on any atom is 0.123 e. The van der Waals surface area contributed by atoms with E-state index in [1.807, 2.05) is 19.1 Å². The molecular formula is C15H23NO3. The lowest BCUT2D eigenvalue weighted by Crippen LogP contribution is -2.45. The van der Waals surface area contributed by atoms with Crippen LogP contribution in [0.2, 0.25) is 0 Å². The van der Waals surface area contributed by atoms with Crippen molar-refractivity contribution in [1.82, 2.24) is 4.90 Å². The Kier molecular flexibility index (Phi) is 4.66. The molecule has 1 saturated heterocycles. The molecule has 2 rings (SSSR count). The molecule has 1 fully saturated rings. The molecule has 1 aliphatic rings. The standard InChI is InChI=1S/C15H23NO3/c1-11(17)14-5-3-4-8-16(14)10-12-6-7-13(19-2)9-15(12)18/h6-7,9,11,14,17-18H,3-5,8,10H2,1-2H3. The molecule has 0 amide bonds. The van der Waals surface area contributed by atoms with Gasteiger partial charge in [-0.3, -0.25) is 4.90 Å². The molecule has 0 radical (unpaired) electrons. The van der Waals surface area contributed by atoms with E-state index in [1.54, 1.807) is 13.2 Å². The van der Waals surface area contributed by atoms with Gasteiger partial charge in [0.15, 0.2) is 0 Å². The molecule has 0 aromatic heterocycles. The van der Waals surface area contributed by atoms with Crippen molar-refractivity contribution in [3.8, 4) is 11.5 Å². The number of aliphatic hydroxyl groups is 1. The molecule has 4 nitrogen and oxygen atoms in total. The highest BCUT2D eigenvalue weighted by Gasteiger charge is 2.26. The quantitative estimate of drug-likeness (QED) is 0.875. The minimum Gasteiger partial charge on any atom is -0.507 e. The SMILES string of the molecule is COc1ccc(CN2CCCCC2C(C)O)c(O)c1. The lowest BCUT2D eigenvalue weighted by Gasteiger charge is -2.37. The second kappa shape index (κ2) is 6.26. The summed E-state index contributed by atoms with van der Waals surface area (Å²) in [7, 11) is 1.59. The third-order valence-corrected chi connectivity index (χ3v) is 3.89. The number of aromatic hydroxyl groups is 1. The molecule has 2 N–H and O–H groups in total. The average molecular weight is 265 g/mol. The first-order valence-electron chi connectivity index (χ1n) is 6.90. The van der Waals surface area contributed by atoms with Crippen LogP contribution in [0, 0.1) is 0 Å². The largest absolute Gasteiger partial charge is 0.507 e. The second-order valence-electron chi connectivity index (χ2n) is 5.27. The van der Waals surface area contributed by atoms with E-state index in [-0.39, 0.29) is 17.9 Å². The maximum atomic E-state index is 10.0. The fraction of sp³-hybridized carbons (Fsp3) is 0.600. The molecule has 1 aromatic rings. The van der Waals surface area contributed by atoms with Crippen LogP contribution in [-0.2, 0) is 6.54 Å². The van der Waals surface area contributed by atoms with Crippen LogP contribution in [0.5, 0.6) is 11.5 Å². The van der Waals surface area contributed by atoms with Crippen LogP contribution in [0.3, 0.4) is 0 Å². The van der Waals surface area contributed by atoms with Crippen LogP contribution in [0.4, 0.5) is 0 Å². The lowest BCUT2D eigenvalue weighted by molar-refractivity contribution is 0.0312. The fourth-order valence-electron chi connectivity index (χ4n) is 2.78. The summed E-state index contributed by atoms with van der Waals surface area (Å²) < 4.78 is 5.09. The summed E-state index contributed by atoms with van der Waals surface area (Å²) in [5.74, 6) is 0.918. The van der Waals surface area contributed by atoms with Crippen molar-refractivity contribution >= 4 is 0 Å². The normalized spacial score (nSPS) is 22.2. The van der Waals surface area contributed by atoms with Crippen LogP contribution < -0.4 is 4.74 Å². The number of ether oxygens (including phenoxy) is 1. The summed E-state index contributed by atoms with van der Waals surface area (Å²) >= 11 is 0.